The highest BCUT2D eigenvalue weighted by molar-refractivity contribution is 5.97. The number of aryl methyl sites for hydroxylation is 2. The summed E-state index contributed by atoms with van der Waals surface area (Å²) in [6.07, 6.45) is 1.62. The van der Waals surface area contributed by atoms with Crippen LogP contribution in [0.2, 0.25) is 0 Å². The van der Waals surface area contributed by atoms with E-state index in [0.717, 1.165) is 16.6 Å². The van der Waals surface area contributed by atoms with Crippen LogP contribution >= 0.6 is 0 Å². The summed E-state index contributed by atoms with van der Waals surface area (Å²) in [6.45, 7) is 2.13. The second kappa shape index (κ2) is 7.82. The van der Waals surface area contributed by atoms with E-state index in [1.807, 2.05) is 13.0 Å². The lowest BCUT2D eigenvalue weighted by Gasteiger charge is -2.10. The van der Waals surface area contributed by atoms with Gasteiger partial charge in [-0.15, -0.1) is 0 Å². The van der Waals surface area contributed by atoms with Crippen molar-refractivity contribution in [1.82, 2.24) is 19.9 Å². The number of fused-ring (bicyclic) bond motifs is 1. The summed E-state index contributed by atoms with van der Waals surface area (Å²) in [5.41, 5.74) is 3.15. The smallest absolute Gasteiger partial charge is 0.326 e. The molecule has 2 aromatic carbocycles. The fourth-order valence-electron chi connectivity index (χ4n) is 3.10. The number of pyridine rings is 1. The predicted octanol–water partition coefficient (Wildman–Crippen LogP) is 3.43. The number of carbonyl (C=O) groups excluding carboxylic acids is 1. The van der Waals surface area contributed by atoms with E-state index >= 15 is 0 Å². The molecule has 0 spiro atoms. The maximum Gasteiger partial charge on any atom is 0.326 e. The number of carbonyl (C=O) groups is 1. The quantitative estimate of drug-likeness (QED) is 0.531. The van der Waals surface area contributed by atoms with Gasteiger partial charge in [0.2, 0.25) is 5.88 Å². The van der Waals surface area contributed by atoms with Crippen molar-refractivity contribution in [3.63, 3.8) is 0 Å². The van der Waals surface area contributed by atoms with Crippen LogP contribution in [0.15, 0.2) is 59.5 Å². The maximum atomic E-state index is 13.0. The molecule has 1 amide bonds. The molecule has 152 valence electrons. The minimum atomic E-state index is -0.337. The van der Waals surface area contributed by atoms with Crippen LogP contribution in [0.1, 0.15) is 21.5 Å². The Labute approximate surface area is 171 Å². The zero-order chi connectivity index (χ0) is 21.3. The fraction of sp³-hybridized carbons (Fsp3) is 0.136. The molecule has 2 aromatic heterocycles. The minimum absolute atomic E-state index is 0.230. The molecule has 0 aliphatic rings. The number of H-pyrrole nitrogens is 1. The van der Waals surface area contributed by atoms with Crippen molar-refractivity contribution in [1.29, 1.82) is 0 Å². The standard InChI is InChI=1S/C22H19FN4O3/c1-13-9-14(12-25-21(13)30-17-6-4-16(23)5-7-17)11-24-20(28)15-3-8-19-18(10-15)26-22(29)27(19)2/h3-10,12H,11H2,1-2H3,(H,24,28)(H,26,29). The zero-order valence-electron chi connectivity index (χ0n) is 16.4. The van der Waals surface area contributed by atoms with Crippen LogP contribution in [0, 0.1) is 12.7 Å². The predicted molar refractivity (Wildman–Crippen MR) is 110 cm³/mol. The van der Waals surface area contributed by atoms with E-state index < -0.39 is 0 Å². The molecule has 0 aliphatic carbocycles. The highest BCUT2D eigenvalue weighted by Crippen LogP contribution is 2.23. The van der Waals surface area contributed by atoms with Gasteiger partial charge in [-0.05, 0) is 61.0 Å². The van der Waals surface area contributed by atoms with Crippen molar-refractivity contribution in [2.75, 3.05) is 0 Å². The molecule has 0 atom stereocenters. The molecule has 30 heavy (non-hydrogen) atoms. The molecular formula is C22H19FN4O3. The molecule has 0 fully saturated rings. The van der Waals surface area contributed by atoms with Crippen LogP contribution < -0.4 is 15.7 Å². The van der Waals surface area contributed by atoms with Crippen LogP contribution in [0.3, 0.4) is 0 Å². The van der Waals surface area contributed by atoms with Crippen LogP contribution in [0.25, 0.3) is 11.0 Å². The number of nitrogens with one attached hydrogen (secondary N) is 2. The molecule has 0 aliphatic heterocycles. The summed E-state index contributed by atoms with van der Waals surface area (Å²) in [7, 11) is 1.67. The number of aromatic nitrogens is 3. The molecule has 8 heteroatoms. The van der Waals surface area contributed by atoms with Gasteiger partial charge in [0.15, 0.2) is 0 Å². The third kappa shape index (κ3) is 3.93. The Balaban J connectivity index is 1.43. The Morgan fingerprint density at radius 1 is 1.20 bits per heavy atom. The number of benzene rings is 2. The highest BCUT2D eigenvalue weighted by atomic mass is 19.1. The van der Waals surface area contributed by atoms with Crippen LogP contribution in [0.5, 0.6) is 11.6 Å². The lowest BCUT2D eigenvalue weighted by molar-refractivity contribution is 0.0951. The van der Waals surface area contributed by atoms with Crippen molar-refractivity contribution in [2.24, 2.45) is 7.05 Å². The summed E-state index contributed by atoms with van der Waals surface area (Å²) in [6, 6.07) is 12.6. The van der Waals surface area contributed by atoms with E-state index in [9.17, 15) is 14.0 Å². The van der Waals surface area contributed by atoms with E-state index in [2.05, 4.69) is 15.3 Å². The van der Waals surface area contributed by atoms with Crippen LogP contribution in [-0.2, 0) is 13.6 Å². The van der Waals surface area contributed by atoms with E-state index in [1.165, 1.54) is 28.8 Å². The first-order chi connectivity index (χ1) is 14.4. The first-order valence-corrected chi connectivity index (χ1v) is 9.26. The van der Waals surface area contributed by atoms with Crippen molar-refractivity contribution < 1.29 is 13.9 Å². The monoisotopic (exact) mass is 406 g/mol. The molecular weight excluding hydrogens is 387 g/mol. The van der Waals surface area contributed by atoms with Crippen molar-refractivity contribution in [3.05, 3.63) is 87.7 Å². The summed E-state index contributed by atoms with van der Waals surface area (Å²) in [4.78, 5) is 31.2. The summed E-state index contributed by atoms with van der Waals surface area (Å²) < 4.78 is 20.2. The van der Waals surface area contributed by atoms with Gasteiger partial charge in [0.25, 0.3) is 5.91 Å². The molecule has 2 N–H and O–H groups in total. The van der Waals surface area contributed by atoms with E-state index in [4.69, 9.17) is 4.74 Å². The third-order valence-corrected chi connectivity index (χ3v) is 4.73. The molecule has 0 unspecified atom stereocenters. The number of hydrogen-bond donors (Lipinski definition) is 2. The average molecular weight is 406 g/mol. The Morgan fingerprint density at radius 3 is 2.70 bits per heavy atom. The summed E-state index contributed by atoms with van der Waals surface area (Å²) in [5.74, 6) is 0.305. The van der Waals surface area contributed by atoms with E-state index in [0.29, 0.717) is 22.7 Å². The molecule has 0 bridgehead atoms. The lowest BCUT2D eigenvalue weighted by atomic mass is 10.1. The Bertz CT molecular complexity index is 1290. The average Bonchev–Trinajstić information content (AvgIpc) is 3.02. The summed E-state index contributed by atoms with van der Waals surface area (Å²) >= 11 is 0. The van der Waals surface area contributed by atoms with E-state index in [-0.39, 0.29) is 24.0 Å². The van der Waals surface area contributed by atoms with Gasteiger partial charge in [-0.25, -0.2) is 14.2 Å². The van der Waals surface area contributed by atoms with Gasteiger partial charge in [0, 0.05) is 30.9 Å². The number of nitrogens with zero attached hydrogens (tertiary/aromatic N) is 2. The van der Waals surface area contributed by atoms with Gasteiger partial charge in [-0.2, -0.15) is 0 Å². The first-order valence-electron chi connectivity index (χ1n) is 9.26. The largest absolute Gasteiger partial charge is 0.439 e. The normalized spacial score (nSPS) is 10.9. The minimum Gasteiger partial charge on any atom is -0.439 e. The molecule has 7 nitrogen and oxygen atoms in total. The number of aromatic amines is 1. The van der Waals surface area contributed by atoms with Gasteiger partial charge >= 0.3 is 5.69 Å². The highest BCUT2D eigenvalue weighted by Gasteiger charge is 2.11. The van der Waals surface area contributed by atoms with Gasteiger partial charge in [0.05, 0.1) is 11.0 Å². The van der Waals surface area contributed by atoms with Crippen molar-refractivity contribution in [2.45, 2.75) is 13.5 Å². The SMILES string of the molecule is Cc1cc(CNC(=O)c2ccc3c(c2)[nH]c(=O)n3C)cnc1Oc1ccc(F)cc1. The van der Waals surface area contributed by atoms with E-state index in [1.54, 1.807) is 31.4 Å². The lowest BCUT2D eigenvalue weighted by Crippen LogP contribution is -2.22. The third-order valence-electron chi connectivity index (χ3n) is 4.73. The molecule has 0 radical (unpaired) electrons. The number of amides is 1. The van der Waals surface area contributed by atoms with Crippen molar-refractivity contribution >= 4 is 16.9 Å². The topological polar surface area (TPSA) is 89.0 Å². The number of ether oxygens (including phenoxy) is 1. The number of imidazole rings is 1. The van der Waals surface area contributed by atoms with Gasteiger partial charge < -0.3 is 15.0 Å². The maximum absolute atomic E-state index is 13.0. The Kier molecular flexibility index (Phi) is 5.05. The second-order valence-corrected chi connectivity index (χ2v) is 6.93. The molecule has 4 rings (SSSR count). The number of rotatable bonds is 5. The Morgan fingerprint density at radius 2 is 1.97 bits per heavy atom. The second-order valence-electron chi connectivity index (χ2n) is 6.93. The first kappa shape index (κ1) is 19.4. The number of hydrogen-bond acceptors (Lipinski definition) is 4. The van der Waals surface area contributed by atoms with Gasteiger partial charge in [-0.3, -0.25) is 9.36 Å². The number of halogens is 1. The fourth-order valence-corrected chi connectivity index (χ4v) is 3.10. The Hall–Kier alpha value is -3.94. The zero-order valence-corrected chi connectivity index (χ0v) is 16.4. The van der Waals surface area contributed by atoms with Gasteiger partial charge in [0.1, 0.15) is 11.6 Å². The molecule has 2 heterocycles. The van der Waals surface area contributed by atoms with Crippen LogP contribution in [0.4, 0.5) is 4.39 Å². The molecule has 0 saturated carbocycles. The van der Waals surface area contributed by atoms with Gasteiger partial charge in [-0.1, -0.05) is 0 Å². The van der Waals surface area contributed by atoms with Crippen LogP contribution in [-0.4, -0.2) is 20.4 Å². The summed E-state index contributed by atoms with van der Waals surface area (Å²) in [5, 5.41) is 2.84. The van der Waals surface area contributed by atoms with Crippen molar-refractivity contribution in [3.8, 4) is 11.6 Å². The molecule has 0 saturated heterocycles. The molecule has 4 aromatic rings.